The van der Waals surface area contributed by atoms with Gasteiger partial charge in [-0.15, -0.1) is 0 Å². The van der Waals surface area contributed by atoms with Gasteiger partial charge in [0, 0.05) is 6.07 Å². The van der Waals surface area contributed by atoms with Gasteiger partial charge in [0.05, 0.1) is 7.11 Å². The second-order valence-electron chi connectivity index (χ2n) is 3.79. The summed E-state index contributed by atoms with van der Waals surface area (Å²) in [6.07, 6.45) is 0. The van der Waals surface area contributed by atoms with Gasteiger partial charge in [-0.25, -0.2) is 0 Å². The van der Waals surface area contributed by atoms with Crippen molar-refractivity contribution in [3.8, 4) is 22.6 Å². The number of phenols is 1. The molecule has 0 saturated heterocycles. The number of rotatable bonds is 2. The van der Waals surface area contributed by atoms with Crippen LogP contribution < -0.4 is 4.74 Å². The van der Waals surface area contributed by atoms with Crippen molar-refractivity contribution in [2.24, 2.45) is 0 Å². The first-order chi connectivity index (χ1) is 7.69. The molecule has 0 spiro atoms. The van der Waals surface area contributed by atoms with Crippen LogP contribution in [0.25, 0.3) is 11.1 Å². The smallest absolute Gasteiger partial charge is 0.123 e. The molecule has 0 atom stereocenters. The minimum Gasteiger partial charge on any atom is -0.508 e. The van der Waals surface area contributed by atoms with Gasteiger partial charge < -0.3 is 9.84 Å². The zero-order chi connectivity index (χ0) is 11.5. The maximum Gasteiger partial charge on any atom is 0.123 e. The van der Waals surface area contributed by atoms with E-state index >= 15 is 0 Å². The maximum atomic E-state index is 9.56. The number of hydrogen-bond acceptors (Lipinski definition) is 2. The molecule has 0 fully saturated rings. The van der Waals surface area contributed by atoms with E-state index < -0.39 is 0 Å². The van der Waals surface area contributed by atoms with Gasteiger partial charge >= 0.3 is 0 Å². The number of aryl methyl sites for hydroxylation is 1. The van der Waals surface area contributed by atoms with E-state index in [0.29, 0.717) is 5.75 Å². The first-order valence-electron chi connectivity index (χ1n) is 5.14. The summed E-state index contributed by atoms with van der Waals surface area (Å²) in [5.74, 6) is 0.880. The fourth-order valence-electron chi connectivity index (χ4n) is 1.61. The first kappa shape index (κ1) is 10.6. The van der Waals surface area contributed by atoms with Crippen LogP contribution >= 0.6 is 0 Å². The SMILES string of the molecule is COc1cc(O)cc(-c2ccc(C)cc2)c1. The molecule has 2 nitrogen and oxygen atoms in total. The second kappa shape index (κ2) is 4.27. The van der Waals surface area contributed by atoms with E-state index in [4.69, 9.17) is 4.74 Å². The second-order valence-corrected chi connectivity index (χ2v) is 3.79. The average molecular weight is 214 g/mol. The molecule has 2 aromatic carbocycles. The molecule has 0 aliphatic rings. The molecule has 0 saturated carbocycles. The van der Waals surface area contributed by atoms with Crippen LogP contribution in [0, 0.1) is 6.92 Å². The van der Waals surface area contributed by atoms with E-state index in [2.05, 4.69) is 0 Å². The van der Waals surface area contributed by atoms with Crippen molar-refractivity contribution in [3.63, 3.8) is 0 Å². The van der Waals surface area contributed by atoms with Crippen molar-refractivity contribution in [1.82, 2.24) is 0 Å². The summed E-state index contributed by atoms with van der Waals surface area (Å²) in [6.45, 7) is 2.05. The van der Waals surface area contributed by atoms with Crippen molar-refractivity contribution in [2.75, 3.05) is 7.11 Å². The monoisotopic (exact) mass is 214 g/mol. The lowest BCUT2D eigenvalue weighted by molar-refractivity contribution is 0.408. The van der Waals surface area contributed by atoms with Crippen molar-refractivity contribution in [2.45, 2.75) is 6.92 Å². The Morgan fingerprint density at radius 3 is 2.25 bits per heavy atom. The Balaban J connectivity index is 2.47. The third-order valence-electron chi connectivity index (χ3n) is 2.51. The van der Waals surface area contributed by atoms with Gasteiger partial charge in [0.15, 0.2) is 0 Å². The molecule has 82 valence electrons. The molecule has 0 aromatic heterocycles. The highest BCUT2D eigenvalue weighted by atomic mass is 16.5. The Bertz CT molecular complexity index is 487. The van der Waals surface area contributed by atoms with Crippen LogP contribution in [-0.4, -0.2) is 12.2 Å². The van der Waals surface area contributed by atoms with Crippen LogP contribution in [0.3, 0.4) is 0 Å². The Kier molecular flexibility index (Phi) is 2.82. The highest BCUT2D eigenvalue weighted by Crippen LogP contribution is 2.29. The van der Waals surface area contributed by atoms with E-state index in [0.717, 1.165) is 11.1 Å². The van der Waals surface area contributed by atoms with Crippen molar-refractivity contribution in [3.05, 3.63) is 48.0 Å². The highest BCUT2D eigenvalue weighted by Gasteiger charge is 2.02. The summed E-state index contributed by atoms with van der Waals surface area (Å²) in [4.78, 5) is 0. The lowest BCUT2D eigenvalue weighted by atomic mass is 10.0. The van der Waals surface area contributed by atoms with Crippen molar-refractivity contribution >= 4 is 0 Å². The third-order valence-corrected chi connectivity index (χ3v) is 2.51. The number of ether oxygens (including phenoxy) is 1. The highest BCUT2D eigenvalue weighted by molar-refractivity contribution is 5.67. The van der Waals surface area contributed by atoms with Crippen molar-refractivity contribution in [1.29, 1.82) is 0 Å². The topological polar surface area (TPSA) is 29.5 Å². The van der Waals surface area contributed by atoms with Gasteiger partial charge in [-0.05, 0) is 30.2 Å². The van der Waals surface area contributed by atoms with Crippen molar-refractivity contribution < 1.29 is 9.84 Å². The van der Waals surface area contributed by atoms with Gasteiger partial charge in [0.2, 0.25) is 0 Å². The Morgan fingerprint density at radius 2 is 1.62 bits per heavy atom. The molecule has 0 unspecified atom stereocenters. The van der Waals surface area contributed by atoms with Crippen LogP contribution in [0.4, 0.5) is 0 Å². The largest absolute Gasteiger partial charge is 0.508 e. The number of phenolic OH excluding ortho intramolecular Hbond substituents is 1. The Morgan fingerprint density at radius 1 is 0.938 bits per heavy atom. The summed E-state index contributed by atoms with van der Waals surface area (Å²) in [6, 6.07) is 13.4. The van der Waals surface area contributed by atoms with Crippen LogP contribution in [-0.2, 0) is 0 Å². The minimum absolute atomic E-state index is 0.218. The number of methoxy groups -OCH3 is 1. The minimum atomic E-state index is 0.218. The summed E-state index contributed by atoms with van der Waals surface area (Å²) in [7, 11) is 1.59. The summed E-state index contributed by atoms with van der Waals surface area (Å²) < 4.78 is 5.12. The van der Waals surface area contributed by atoms with E-state index in [1.54, 1.807) is 19.2 Å². The molecule has 0 bridgehead atoms. The number of hydrogen-bond donors (Lipinski definition) is 1. The van der Waals surface area contributed by atoms with Crippen LogP contribution in [0.2, 0.25) is 0 Å². The number of aromatic hydroxyl groups is 1. The van der Waals surface area contributed by atoms with Gasteiger partial charge in [-0.3, -0.25) is 0 Å². The van der Waals surface area contributed by atoms with Gasteiger partial charge in [0.25, 0.3) is 0 Å². The predicted octanol–water partition coefficient (Wildman–Crippen LogP) is 3.38. The summed E-state index contributed by atoms with van der Waals surface area (Å²) in [5.41, 5.74) is 3.24. The van der Waals surface area contributed by atoms with Crippen LogP contribution in [0.1, 0.15) is 5.56 Å². The first-order valence-corrected chi connectivity index (χ1v) is 5.14. The fourth-order valence-corrected chi connectivity index (χ4v) is 1.61. The lowest BCUT2D eigenvalue weighted by Crippen LogP contribution is -1.84. The molecule has 0 heterocycles. The van der Waals surface area contributed by atoms with Gasteiger partial charge in [-0.1, -0.05) is 29.8 Å². The molecular weight excluding hydrogens is 200 g/mol. The molecular formula is C14H14O2. The molecule has 2 rings (SSSR count). The molecule has 1 N–H and O–H groups in total. The standard InChI is InChI=1S/C14H14O2/c1-10-3-5-11(6-4-10)12-7-13(15)9-14(8-12)16-2/h3-9,15H,1-2H3. The molecule has 0 aliphatic carbocycles. The summed E-state index contributed by atoms with van der Waals surface area (Å²) in [5, 5.41) is 9.56. The maximum absolute atomic E-state index is 9.56. The third kappa shape index (κ3) is 2.16. The van der Waals surface area contributed by atoms with Crippen LogP contribution in [0.5, 0.6) is 11.5 Å². The molecule has 16 heavy (non-hydrogen) atoms. The fraction of sp³-hybridized carbons (Fsp3) is 0.143. The van der Waals surface area contributed by atoms with Gasteiger partial charge in [-0.2, -0.15) is 0 Å². The molecule has 2 heteroatoms. The number of benzene rings is 2. The predicted molar refractivity (Wildman–Crippen MR) is 64.8 cm³/mol. The normalized spacial score (nSPS) is 10.1. The van der Waals surface area contributed by atoms with Crippen LogP contribution in [0.15, 0.2) is 42.5 Å². The molecule has 0 amide bonds. The van der Waals surface area contributed by atoms with E-state index in [-0.39, 0.29) is 5.75 Å². The Hall–Kier alpha value is -1.96. The molecule has 0 radical (unpaired) electrons. The van der Waals surface area contributed by atoms with E-state index in [9.17, 15) is 5.11 Å². The zero-order valence-corrected chi connectivity index (χ0v) is 9.40. The molecule has 2 aromatic rings. The van der Waals surface area contributed by atoms with Gasteiger partial charge in [0.1, 0.15) is 11.5 Å². The Labute approximate surface area is 95.1 Å². The molecule has 0 aliphatic heterocycles. The average Bonchev–Trinajstić information content (AvgIpc) is 2.29. The summed E-state index contributed by atoms with van der Waals surface area (Å²) >= 11 is 0. The van der Waals surface area contributed by atoms with E-state index in [1.807, 2.05) is 37.3 Å². The quantitative estimate of drug-likeness (QED) is 0.830. The zero-order valence-electron chi connectivity index (χ0n) is 9.40. The lowest BCUT2D eigenvalue weighted by Gasteiger charge is -2.06. The van der Waals surface area contributed by atoms with E-state index in [1.165, 1.54) is 5.56 Å².